The summed E-state index contributed by atoms with van der Waals surface area (Å²) in [4.78, 5) is 3.78. The maximum absolute atomic E-state index is 9.16. The number of aromatic nitrogens is 1. The van der Waals surface area contributed by atoms with E-state index in [-0.39, 0.29) is 0 Å². The topological polar surface area (TPSA) is 47.0 Å². The molecule has 0 N–H and O–H groups in total. The molecular weight excluding hydrogens is 281 g/mol. The molecule has 2 aromatic rings. The van der Waals surface area contributed by atoms with Gasteiger partial charge in [-0.05, 0) is 12.1 Å². The zero-order chi connectivity index (χ0) is 13.0. The zero-order valence-corrected chi connectivity index (χ0v) is 11.1. The summed E-state index contributed by atoms with van der Waals surface area (Å²) in [6, 6.07) is 17.7. The minimum absolute atomic E-state index is 1.75. The van der Waals surface area contributed by atoms with E-state index >= 15 is 0 Å². The molecule has 0 atom stereocenters. The van der Waals surface area contributed by atoms with Gasteiger partial charge in [0.15, 0.2) is 0 Å². The molecule has 0 aliphatic rings. The molecule has 1 aromatic heterocycles. The highest BCUT2D eigenvalue weighted by atomic mass is 36.0. The van der Waals surface area contributed by atoms with Gasteiger partial charge >= 0.3 is 8.26 Å². The molecule has 6 heteroatoms. The number of nitrogens with zero attached hydrogens (tertiary/aromatic N) is 1. The number of rotatable bonds is 0. The van der Waals surface area contributed by atoms with Crippen molar-refractivity contribution in [3.05, 3.63) is 67.0 Å². The number of hydrogen-bond donors (Lipinski definition) is 0. The number of halogens is 2. The van der Waals surface area contributed by atoms with Crippen molar-refractivity contribution in [2.45, 2.75) is 0 Å². The quantitative estimate of drug-likeness (QED) is 0.698. The van der Waals surface area contributed by atoms with Gasteiger partial charge in [-0.15, -0.1) is 0 Å². The first kappa shape index (κ1) is 15.9. The first-order valence-electron chi connectivity index (χ1n) is 4.49. The Hall–Kier alpha value is -1.10. The van der Waals surface area contributed by atoms with Gasteiger partial charge in [-0.2, -0.15) is 8.42 Å². The molecule has 17 heavy (non-hydrogen) atoms. The summed E-state index contributed by atoms with van der Waals surface area (Å²) >= 11 is 0. The second kappa shape index (κ2) is 10.1. The van der Waals surface area contributed by atoms with E-state index in [4.69, 9.17) is 8.42 Å². The lowest BCUT2D eigenvalue weighted by molar-refractivity contribution is 0.621. The Balaban J connectivity index is 0.000000228. The molecule has 0 saturated heterocycles. The van der Waals surface area contributed by atoms with Crippen LogP contribution in [0, 0.1) is 0 Å². The predicted molar refractivity (Wildman–Crippen MR) is 71.3 cm³/mol. The molecule has 0 amide bonds. The molecule has 0 spiro atoms. The smallest absolute Gasteiger partial charge is 0.265 e. The van der Waals surface area contributed by atoms with E-state index in [1.807, 2.05) is 54.6 Å². The van der Waals surface area contributed by atoms with Crippen LogP contribution in [0.1, 0.15) is 0 Å². The average Bonchev–Trinajstić information content (AvgIpc) is 2.32. The fourth-order valence-electron chi connectivity index (χ4n) is 0.698. The van der Waals surface area contributed by atoms with Crippen LogP contribution >= 0.6 is 21.4 Å². The Labute approximate surface area is 110 Å². The van der Waals surface area contributed by atoms with Crippen molar-refractivity contribution in [3.63, 3.8) is 0 Å². The first-order chi connectivity index (χ1) is 8.00. The third-order valence-corrected chi connectivity index (χ3v) is 1.23. The van der Waals surface area contributed by atoms with Crippen LogP contribution in [0.15, 0.2) is 67.0 Å². The summed E-state index contributed by atoms with van der Waals surface area (Å²) < 4.78 is 18.3. The Morgan fingerprint density at radius 3 is 1.00 bits per heavy atom. The monoisotopic (exact) mass is 291 g/mol. The van der Waals surface area contributed by atoms with E-state index in [0.717, 1.165) is 0 Å². The highest BCUT2D eigenvalue weighted by molar-refractivity contribution is 8.31. The third-order valence-electron chi connectivity index (χ3n) is 1.23. The van der Waals surface area contributed by atoms with Crippen molar-refractivity contribution < 1.29 is 8.42 Å². The highest BCUT2D eigenvalue weighted by Gasteiger charge is 1.88. The maximum atomic E-state index is 9.16. The van der Waals surface area contributed by atoms with Gasteiger partial charge in [0.25, 0.3) is 0 Å². The molecule has 0 radical (unpaired) electrons. The SMILES string of the molecule is O=S(=O)(Cl)Cl.c1ccccc1.c1ccncc1. The molecule has 1 aromatic carbocycles. The molecule has 3 nitrogen and oxygen atoms in total. The number of pyridine rings is 1. The van der Waals surface area contributed by atoms with Crippen LogP contribution in [0.5, 0.6) is 0 Å². The van der Waals surface area contributed by atoms with Crippen LogP contribution < -0.4 is 0 Å². The fraction of sp³-hybridized carbons (Fsp3) is 0. The van der Waals surface area contributed by atoms with Gasteiger partial charge < -0.3 is 0 Å². The van der Waals surface area contributed by atoms with Gasteiger partial charge in [-0.1, -0.05) is 42.5 Å². The molecule has 0 fully saturated rings. The first-order valence-corrected chi connectivity index (χ1v) is 7.63. The largest absolute Gasteiger partial charge is 0.317 e. The summed E-state index contributed by atoms with van der Waals surface area (Å²) in [6.07, 6.45) is 3.50. The van der Waals surface area contributed by atoms with Crippen LogP contribution in [0.4, 0.5) is 0 Å². The zero-order valence-electron chi connectivity index (χ0n) is 8.78. The third kappa shape index (κ3) is 20.9. The number of benzene rings is 1. The lowest BCUT2D eigenvalue weighted by Crippen LogP contribution is -1.63. The summed E-state index contributed by atoms with van der Waals surface area (Å²) in [7, 11) is 4.81. The van der Waals surface area contributed by atoms with E-state index in [9.17, 15) is 0 Å². The summed E-state index contributed by atoms with van der Waals surface area (Å²) in [6.45, 7) is 0. The molecule has 0 saturated carbocycles. The lowest BCUT2D eigenvalue weighted by atomic mass is 10.4. The molecule has 0 aliphatic heterocycles. The lowest BCUT2D eigenvalue weighted by Gasteiger charge is -1.70. The van der Waals surface area contributed by atoms with Gasteiger partial charge in [-0.25, -0.2) is 0 Å². The Morgan fingerprint density at radius 1 is 0.647 bits per heavy atom. The molecular formula is C11H11Cl2NO2S. The van der Waals surface area contributed by atoms with Gasteiger partial charge in [0.1, 0.15) is 0 Å². The molecule has 0 unspecified atom stereocenters. The van der Waals surface area contributed by atoms with E-state index < -0.39 is 8.26 Å². The van der Waals surface area contributed by atoms with E-state index in [2.05, 4.69) is 26.3 Å². The highest BCUT2D eigenvalue weighted by Crippen LogP contribution is 1.98. The van der Waals surface area contributed by atoms with Gasteiger partial charge in [0.05, 0.1) is 0 Å². The second-order valence-electron chi connectivity index (χ2n) is 2.56. The number of hydrogen-bond acceptors (Lipinski definition) is 3. The molecule has 92 valence electrons. The van der Waals surface area contributed by atoms with Crippen molar-refractivity contribution in [2.75, 3.05) is 0 Å². The van der Waals surface area contributed by atoms with Crippen molar-refractivity contribution in [1.29, 1.82) is 0 Å². The normalized spacial score (nSPS) is 9.06. The van der Waals surface area contributed by atoms with Crippen molar-refractivity contribution in [2.24, 2.45) is 0 Å². The molecule has 2 rings (SSSR count). The Kier molecular flexibility index (Phi) is 9.43. The van der Waals surface area contributed by atoms with E-state index in [1.165, 1.54) is 0 Å². The Morgan fingerprint density at radius 2 is 0.882 bits per heavy atom. The van der Waals surface area contributed by atoms with Crippen LogP contribution in [0.2, 0.25) is 0 Å². The predicted octanol–water partition coefficient (Wildman–Crippen LogP) is 3.48. The molecule has 0 aliphatic carbocycles. The van der Waals surface area contributed by atoms with E-state index in [0.29, 0.717) is 0 Å². The van der Waals surface area contributed by atoms with Crippen LogP contribution in [0.25, 0.3) is 0 Å². The minimum Gasteiger partial charge on any atom is -0.265 e. The molecule has 1 heterocycles. The summed E-state index contributed by atoms with van der Waals surface area (Å²) in [5, 5.41) is 0. The van der Waals surface area contributed by atoms with Crippen molar-refractivity contribution in [1.82, 2.24) is 4.98 Å². The average molecular weight is 292 g/mol. The Bertz CT molecular complexity index is 370. The maximum Gasteiger partial charge on any atom is 0.317 e. The van der Waals surface area contributed by atoms with Crippen molar-refractivity contribution >= 4 is 29.6 Å². The van der Waals surface area contributed by atoms with Gasteiger partial charge in [0.2, 0.25) is 0 Å². The summed E-state index contributed by atoms with van der Waals surface area (Å²) in [5.41, 5.74) is 0. The van der Waals surface area contributed by atoms with Crippen molar-refractivity contribution in [3.8, 4) is 0 Å². The van der Waals surface area contributed by atoms with Crippen LogP contribution in [-0.2, 0) is 8.26 Å². The summed E-state index contributed by atoms with van der Waals surface area (Å²) in [5.74, 6) is 0. The molecule has 0 bridgehead atoms. The standard InChI is InChI=1S/C6H6.C5H5N.Cl2O2S/c2*1-2-4-6-5-3-1;1-5(2,3)4/h1-6H;1-5H;. The van der Waals surface area contributed by atoms with Crippen LogP contribution in [-0.4, -0.2) is 13.4 Å². The fourth-order valence-corrected chi connectivity index (χ4v) is 0.698. The van der Waals surface area contributed by atoms with E-state index in [1.54, 1.807) is 12.4 Å². The van der Waals surface area contributed by atoms with Gasteiger partial charge in [0, 0.05) is 33.8 Å². The van der Waals surface area contributed by atoms with Crippen LogP contribution in [0.3, 0.4) is 0 Å². The minimum atomic E-state index is -3.72. The van der Waals surface area contributed by atoms with Gasteiger partial charge in [-0.3, -0.25) is 4.98 Å². The second-order valence-corrected chi connectivity index (χ2v) is 6.23.